The lowest BCUT2D eigenvalue weighted by Crippen LogP contribution is -2.45. The summed E-state index contributed by atoms with van der Waals surface area (Å²) >= 11 is 0. The van der Waals surface area contributed by atoms with Crippen LogP contribution in [0.15, 0.2) is 76.9 Å². The van der Waals surface area contributed by atoms with Crippen LogP contribution in [-0.2, 0) is 27.6 Å². The summed E-state index contributed by atoms with van der Waals surface area (Å²) < 4.78 is 26.6. The van der Waals surface area contributed by atoms with Gasteiger partial charge in [0.05, 0.1) is 5.69 Å². The minimum absolute atomic E-state index is 0.0219. The van der Waals surface area contributed by atoms with Crippen molar-refractivity contribution >= 4 is 32.3 Å². The van der Waals surface area contributed by atoms with Crippen LogP contribution in [0.25, 0.3) is 0 Å². The molecule has 2 aromatic carbocycles. The van der Waals surface area contributed by atoms with Crippen molar-refractivity contribution in [3.05, 3.63) is 83.6 Å². The fraction of sp³-hybridized carbons (Fsp3) is 0.174. The first kappa shape index (κ1) is 19.4. The topological polar surface area (TPSA) is 82.9 Å². The zero-order chi connectivity index (χ0) is 21.6. The molecule has 0 aliphatic carbocycles. The minimum Gasteiger partial charge on any atom is -0.332 e. The fourth-order valence-corrected chi connectivity index (χ4v) is 5.27. The van der Waals surface area contributed by atoms with E-state index in [9.17, 15) is 13.2 Å². The van der Waals surface area contributed by atoms with E-state index >= 15 is 0 Å². The number of aryl methyl sites for hydroxylation is 1. The Morgan fingerprint density at radius 1 is 0.968 bits per heavy atom. The average molecular weight is 433 g/mol. The first-order chi connectivity index (χ1) is 14.9. The van der Waals surface area contributed by atoms with Crippen LogP contribution in [0.2, 0.25) is 0 Å². The molecule has 1 amide bonds. The molecule has 2 aliphatic heterocycles. The number of nitrogens with zero attached hydrogens (tertiary/aromatic N) is 4. The summed E-state index contributed by atoms with van der Waals surface area (Å²) in [4.78, 5) is 19.2. The van der Waals surface area contributed by atoms with E-state index in [2.05, 4.69) is 10.1 Å². The quantitative estimate of drug-likeness (QED) is 0.621. The van der Waals surface area contributed by atoms with E-state index < -0.39 is 20.8 Å². The highest BCUT2D eigenvalue weighted by Gasteiger charge is 2.41. The molecule has 2 aliphatic rings. The molecule has 0 saturated carbocycles. The first-order valence-electron chi connectivity index (χ1n) is 9.97. The SMILES string of the molecule is Cc1ccc(N2N=C(C(=O)N3CCc4ccccc4C3)S(=O)(=O)c3cccnc32)cc1. The van der Waals surface area contributed by atoms with Crippen LogP contribution < -0.4 is 5.01 Å². The third-order valence-corrected chi connectivity index (χ3v) is 7.23. The number of aromatic nitrogens is 1. The Bertz CT molecular complexity index is 1320. The van der Waals surface area contributed by atoms with Gasteiger partial charge in [-0.25, -0.2) is 18.4 Å². The van der Waals surface area contributed by atoms with Gasteiger partial charge in [-0.3, -0.25) is 4.79 Å². The molecule has 0 atom stereocenters. The smallest absolute Gasteiger partial charge is 0.286 e. The van der Waals surface area contributed by atoms with Gasteiger partial charge in [0.15, 0.2) is 5.82 Å². The maximum absolute atomic E-state index is 13.4. The van der Waals surface area contributed by atoms with Crippen molar-refractivity contribution in [2.24, 2.45) is 5.10 Å². The Labute approximate surface area is 180 Å². The maximum Gasteiger partial charge on any atom is 0.286 e. The van der Waals surface area contributed by atoms with Crippen molar-refractivity contribution in [1.82, 2.24) is 9.88 Å². The second-order valence-electron chi connectivity index (χ2n) is 7.63. The number of hydrazone groups is 1. The number of hydrogen-bond acceptors (Lipinski definition) is 6. The van der Waals surface area contributed by atoms with Crippen molar-refractivity contribution in [1.29, 1.82) is 0 Å². The summed E-state index contributed by atoms with van der Waals surface area (Å²) in [5.74, 6) is -0.409. The Morgan fingerprint density at radius 2 is 1.71 bits per heavy atom. The lowest BCUT2D eigenvalue weighted by molar-refractivity contribution is -0.124. The third kappa shape index (κ3) is 3.29. The second kappa shape index (κ2) is 7.31. The van der Waals surface area contributed by atoms with Crippen LogP contribution in [0.5, 0.6) is 0 Å². The van der Waals surface area contributed by atoms with Gasteiger partial charge in [0.25, 0.3) is 5.91 Å². The monoisotopic (exact) mass is 432 g/mol. The van der Waals surface area contributed by atoms with E-state index in [-0.39, 0.29) is 10.7 Å². The highest BCUT2D eigenvalue weighted by molar-refractivity contribution is 8.08. The molecule has 156 valence electrons. The molecule has 8 heteroatoms. The van der Waals surface area contributed by atoms with Gasteiger partial charge in [-0.1, -0.05) is 42.0 Å². The predicted octanol–water partition coefficient (Wildman–Crippen LogP) is 3.21. The van der Waals surface area contributed by atoms with Crippen molar-refractivity contribution in [2.75, 3.05) is 11.6 Å². The summed E-state index contributed by atoms with van der Waals surface area (Å²) in [5, 5.41) is 5.27. The molecule has 7 nitrogen and oxygen atoms in total. The number of pyridine rings is 1. The molecule has 0 spiro atoms. The highest BCUT2D eigenvalue weighted by Crippen LogP contribution is 2.35. The van der Waals surface area contributed by atoms with Crippen molar-refractivity contribution in [3.63, 3.8) is 0 Å². The van der Waals surface area contributed by atoms with E-state index in [1.54, 1.807) is 11.0 Å². The van der Waals surface area contributed by atoms with E-state index in [0.29, 0.717) is 25.2 Å². The molecule has 1 aromatic heterocycles. The summed E-state index contributed by atoms with van der Waals surface area (Å²) in [5.41, 5.74) is 3.89. The fourth-order valence-electron chi connectivity index (χ4n) is 3.88. The molecule has 31 heavy (non-hydrogen) atoms. The molecular weight excluding hydrogens is 412 g/mol. The Kier molecular flexibility index (Phi) is 4.59. The van der Waals surface area contributed by atoms with E-state index in [4.69, 9.17) is 0 Å². The Balaban J connectivity index is 1.59. The Hall–Kier alpha value is -3.52. The number of fused-ring (bicyclic) bond motifs is 2. The summed E-state index contributed by atoms with van der Waals surface area (Å²) in [6.45, 7) is 2.76. The lowest BCUT2D eigenvalue weighted by atomic mass is 10.00. The van der Waals surface area contributed by atoms with Crippen LogP contribution in [0, 0.1) is 6.92 Å². The van der Waals surface area contributed by atoms with Crippen LogP contribution >= 0.6 is 0 Å². The zero-order valence-corrected chi connectivity index (χ0v) is 17.7. The number of carbonyl (C=O) groups excluding carboxylic acids is 1. The molecule has 0 unspecified atom stereocenters. The van der Waals surface area contributed by atoms with Crippen molar-refractivity contribution in [2.45, 2.75) is 24.8 Å². The van der Waals surface area contributed by atoms with Crippen molar-refractivity contribution in [3.8, 4) is 0 Å². The van der Waals surface area contributed by atoms with Crippen LogP contribution in [-0.4, -0.2) is 35.8 Å². The summed E-state index contributed by atoms with van der Waals surface area (Å²) in [6, 6.07) is 18.4. The third-order valence-electron chi connectivity index (χ3n) is 5.57. The molecule has 0 saturated heterocycles. The van der Waals surface area contributed by atoms with E-state index in [0.717, 1.165) is 11.1 Å². The summed E-state index contributed by atoms with van der Waals surface area (Å²) in [7, 11) is -4.10. The number of amides is 1. The number of rotatable bonds is 2. The van der Waals surface area contributed by atoms with Gasteiger partial charge in [0, 0.05) is 19.3 Å². The van der Waals surface area contributed by atoms with Gasteiger partial charge in [-0.15, -0.1) is 5.10 Å². The Morgan fingerprint density at radius 3 is 2.48 bits per heavy atom. The molecule has 0 radical (unpaired) electrons. The number of sulfone groups is 1. The van der Waals surface area contributed by atoms with E-state index in [1.807, 2.05) is 55.5 Å². The van der Waals surface area contributed by atoms with Gasteiger partial charge in [0.1, 0.15) is 4.90 Å². The average Bonchev–Trinajstić information content (AvgIpc) is 2.79. The molecule has 0 N–H and O–H groups in total. The van der Waals surface area contributed by atoms with Crippen LogP contribution in [0.4, 0.5) is 11.5 Å². The lowest BCUT2D eigenvalue weighted by Gasteiger charge is -2.31. The van der Waals surface area contributed by atoms with Gasteiger partial charge in [-0.2, -0.15) is 0 Å². The van der Waals surface area contributed by atoms with Gasteiger partial charge in [-0.05, 0) is 48.7 Å². The molecule has 3 heterocycles. The zero-order valence-electron chi connectivity index (χ0n) is 16.9. The molecule has 3 aromatic rings. The van der Waals surface area contributed by atoms with Crippen LogP contribution in [0.3, 0.4) is 0 Å². The maximum atomic E-state index is 13.4. The number of hydrogen-bond donors (Lipinski definition) is 0. The van der Waals surface area contributed by atoms with Gasteiger partial charge in [0.2, 0.25) is 14.9 Å². The van der Waals surface area contributed by atoms with Gasteiger partial charge >= 0.3 is 0 Å². The standard InChI is InChI=1S/C23H20N4O3S/c1-16-8-10-19(11-9-16)27-21-20(7-4-13-24-21)31(29,30)22(25-27)23(28)26-14-12-17-5-2-3-6-18(17)15-26/h2-11,13H,12,14-15H2,1H3. The minimum atomic E-state index is -4.10. The number of carbonyl (C=O) groups is 1. The number of benzene rings is 2. The predicted molar refractivity (Wildman–Crippen MR) is 118 cm³/mol. The van der Waals surface area contributed by atoms with Crippen molar-refractivity contribution < 1.29 is 13.2 Å². The second-order valence-corrected chi connectivity index (χ2v) is 9.46. The normalized spacial score (nSPS) is 16.9. The van der Waals surface area contributed by atoms with Gasteiger partial charge < -0.3 is 4.90 Å². The largest absolute Gasteiger partial charge is 0.332 e. The molecule has 0 fully saturated rings. The van der Waals surface area contributed by atoms with E-state index in [1.165, 1.54) is 22.8 Å². The first-order valence-corrected chi connectivity index (χ1v) is 11.4. The molecular formula is C23H20N4O3S. The molecule has 5 rings (SSSR count). The summed E-state index contributed by atoms with van der Waals surface area (Å²) in [6.07, 6.45) is 2.19. The van der Waals surface area contributed by atoms with Crippen LogP contribution in [0.1, 0.15) is 16.7 Å². The molecule has 0 bridgehead atoms. The number of anilines is 2. The highest BCUT2D eigenvalue weighted by atomic mass is 32.2.